The van der Waals surface area contributed by atoms with Crippen molar-refractivity contribution >= 4 is 23.2 Å². The Hall–Kier alpha value is -0.240. The summed E-state index contributed by atoms with van der Waals surface area (Å²) in [5, 5.41) is 5.20. The summed E-state index contributed by atoms with van der Waals surface area (Å²) in [7, 11) is 0. The molecule has 1 aromatic rings. The Labute approximate surface area is 114 Å². The van der Waals surface area contributed by atoms with Crippen LogP contribution in [0.3, 0.4) is 0 Å². The minimum absolute atomic E-state index is 0.535. The molecule has 1 fully saturated rings. The molecule has 94 valence electrons. The van der Waals surface area contributed by atoms with Crippen LogP contribution in [0.2, 0.25) is 10.0 Å². The molecular formula is C14H19Cl2N. The van der Waals surface area contributed by atoms with Crippen molar-refractivity contribution in [3.63, 3.8) is 0 Å². The second kappa shape index (κ2) is 6.08. The molecule has 0 bridgehead atoms. The zero-order chi connectivity index (χ0) is 12.3. The van der Waals surface area contributed by atoms with Gasteiger partial charge in [-0.2, -0.15) is 0 Å². The highest BCUT2D eigenvalue weighted by molar-refractivity contribution is 6.36. The number of hydrogen-bond donors (Lipinski definition) is 1. The largest absolute Gasteiger partial charge is 0.313 e. The molecule has 1 aliphatic carbocycles. The van der Waals surface area contributed by atoms with Crippen LogP contribution in [0.1, 0.15) is 31.7 Å². The van der Waals surface area contributed by atoms with Gasteiger partial charge in [0.15, 0.2) is 0 Å². The molecule has 1 unspecified atom stereocenters. The molecule has 0 aliphatic heterocycles. The molecule has 0 amide bonds. The summed E-state index contributed by atoms with van der Waals surface area (Å²) in [5.41, 5.74) is 1.09. The Balaban J connectivity index is 2.06. The van der Waals surface area contributed by atoms with Crippen molar-refractivity contribution in [2.45, 2.75) is 38.6 Å². The Morgan fingerprint density at radius 2 is 1.94 bits per heavy atom. The first-order chi connectivity index (χ1) is 8.22. The lowest BCUT2D eigenvalue weighted by Crippen LogP contribution is -2.33. The standard InChI is InChI=1S/C14H19Cl2N/c1-2-8-17-14(10-6-7-10)9-11-12(15)4-3-5-13(11)16/h3-5,10,14,17H,2,6-9H2,1H3. The number of hydrogen-bond acceptors (Lipinski definition) is 1. The van der Waals surface area contributed by atoms with Crippen LogP contribution in [0.15, 0.2) is 18.2 Å². The number of benzene rings is 1. The maximum Gasteiger partial charge on any atom is 0.0453 e. The molecule has 3 heteroatoms. The molecule has 17 heavy (non-hydrogen) atoms. The summed E-state index contributed by atoms with van der Waals surface area (Å²) in [4.78, 5) is 0. The van der Waals surface area contributed by atoms with Crippen LogP contribution >= 0.6 is 23.2 Å². The molecule has 1 saturated carbocycles. The van der Waals surface area contributed by atoms with Gasteiger partial charge in [-0.1, -0.05) is 36.2 Å². The minimum atomic E-state index is 0.535. The van der Waals surface area contributed by atoms with Crippen LogP contribution in [-0.2, 0) is 6.42 Å². The van der Waals surface area contributed by atoms with Crippen molar-refractivity contribution in [3.8, 4) is 0 Å². The molecular weight excluding hydrogens is 253 g/mol. The van der Waals surface area contributed by atoms with E-state index in [9.17, 15) is 0 Å². The number of halogens is 2. The topological polar surface area (TPSA) is 12.0 Å². The second-order valence-electron chi connectivity index (χ2n) is 4.80. The van der Waals surface area contributed by atoms with Crippen molar-refractivity contribution in [2.75, 3.05) is 6.54 Å². The first-order valence-corrected chi connectivity index (χ1v) is 7.14. The van der Waals surface area contributed by atoms with Crippen LogP contribution in [0, 0.1) is 5.92 Å². The lowest BCUT2D eigenvalue weighted by molar-refractivity contribution is 0.460. The number of rotatable bonds is 6. The van der Waals surface area contributed by atoms with Crippen LogP contribution in [-0.4, -0.2) is 12.6 Å². The second-order valence-corrected chi connectivity index (χ2v) is 5.62. The van der Waals surface area contributed by atoms with Gasteiger partial charge in [-0.05, 0) is 55.8 Å². The molecule has 0 saturated heterocycles. The predicted octanol–water partition coefficient (Wildman–Crippen LogP) is 4.31. The highest BCUT2D eigenvalue weighted by atomic mass is 35.5. The zero-order valence-corrected chi connectivity index (χ0v) is 11.7. The molecule has 2 rings (SSSR count). The normalized spacial score (nSPS) is 17.1. The van der Waals surface area contributed by atoms with Crippen LogP contribution < -0.4 is 5.32 Å². The molecule has 0 aromatic heterocycles. The van der Waals surface area contributed by atoms with Gasteiger partial charge in [0.25, 0.3) is 0 Å². The summed E-state index contributed by atoms with van der Waals surface area (Å²) >= 11 is 12.4. The van der Waals surface area contributed by atoms with Crippen molar-refractivity contribution < 1.29 is 0 Å². The van der Waals surface area contributed by atoms with Gasteiger partial charge in [0.1, 0.15) is 0 Å². The smallest absolute Gasteiger partial charge is 0.0453 e. The van der Waals surface area contributed by atoms with E-state index in [2.05, 4.69) is 12.2 Å². The molecule has 1 nitrogen and oxygen atoms in total. The van der Waals surface area contributed by atoms with E-state index in [1.807, 2.05) is 18.2 Å². The maximum atomic E-state index is 6.22. The van der Waals surface area contributed by atoms with Crippen molar-refractivity contribution in [3.05, 3.63) is 33.8 Å². The van der Waals surface area contributed by atoms with Crippen LogP contribution in [0.5, 0.6) is 0 Å². The highest BCUT2D eigenvalue weighted by Crippen LogP contribution is 2.36. The summed E-state index contributed by atoms with van der Waals surface area (Å²) in [6.07, 6.45) is 4.79. The SMILES string of the molecule is CCCNC(Cc1c(Cl)cccc1Cl)C1CC1. The summed E-state index contributed by atoms with van der Waals surface area (Å²) < 4.78 is 0. The van der Waals surface area contributed by atoms with E-state index >= 15 is 0 Å². The predicted molar refractivity (Wildman–Crippen MR) is 75.0 cm³/mol. The third-order valence-corrected chi connectivity index (χ3v) is 4.04. The fourth-order valence-corrected chi connectivity index (χ4v) is 2.73. The Morgan fingerprint density at radius 3 is 2.47 bits per heavy atom. The first-order valence-electron chi connectivity index (χ1n) is 6.38. The van der Waals surface area contributed by atoms with Crippen molar-refractivity contribution in [2.24, 2.45) is 5.92 Å². The van der Waals surface area contributed by atoms with Gasteiger partial charge < -0.3 is 5.32 Å². The van der Waals surface area contributed by atoms with Gasteiger partial charge in [-0.25, -0.2) is 0 Å². The van der Waals surface area contributed by atoms with Gasteiger partial charge in [0.2, 0.25) is 0 Å². The van der Waals surface area contributed by atoms with Crippen LogP contribution in [0.4, 0.5) is 0 Å². The Bertz CT molecular complexity index is 354. The summed E-state index contributed by atoms with van der Waals surface area (Å²) in [6, 6.07) is 6.28. The third kappa shape index (κ3) is 3.61. The Kier molecular flexibility index (Phi) is 4.72. The lowest BCUT2D eigenvalue weighted by atomic mass is 10.0. The van der Waals surface area contributed by atoms with E-state index in [1.54, 1.807) is 0 Å². The maximum absolute atomic E-state index is 6.22. The molecule has 1 aromatic carbocycles. The van der Waals surface area contributed by atoms with Gasteiger partial charge in [-0.15, -0.1) is 0 Å². The third-order valence-electron chi connectivity index (χ3n) is 3.33. The van der Waals surface area contributed by atoms with Crippen LogP contribution in [0.25, 0.3) is 0 Å². The lowest BCUT2D eigenvalue weighted by Gasteiger charge is -2.19. The van der Waals surface area contributed by atoms with Crippen molar-refractivity contribution in [1.29, 1.82) is 0 Å². The average Bonchev–Trinajstić information content (AvgIpc) is 3.12. The Morgan fingerprint density at radius 1 is 1.29 bits per heavy atom. The fraction of sp³-hybridized carbons (Fsp3) is 0.571. The van der Waals surface area contributed by atoms with E-state index in [0.717, 1.165) is 34.5 Å². The van der Waals surface area contributed by atoms with Gasteiger partial charge in [0.05, 0.1) is 0 Å². The fourth-order valence-electron chi connectivity index (χ4n) is 2.18. The van der Waals surface area contributed by atoms with E-state index in [-0.39, 0.29) is 0 Å². The quantitative estimate of drug-likeness (QED) is 0.813. The average molecular weight is 272 g/mol. The molecule has 1 aliphatic rings. The van der Waals surface area contributed by atoms with E-state index in [0.29, 0.717) is 6.04 Å². The van der Waals surface area contributed by atoms with E-state index in [4.69, 9.17) is 23.2 Å². The highest BCUT2D eigenvalue weighted by Gasteiger charge is 2.31. The molecule has 0 radical (unpaired) electrons. The molecule has 0 spiro atoms. The number of nitrogens with one attached hydrogen (secondary N) is 1. The first kappa shape index (κ1) is 13.2. The van der Waals surface area contributed by atoms with Gasteiger partial charge in [0, 0.05) is 16.1 Å². The zero-order valence-electron chi connectivity index (χ0n) is 10.2. The molecule has 0 heterocycles. The minimum Gasteiger partial charge on any atom is -0.313 e. The molecule has 1 N–H and O–H groups in total. The van der Waals surface area contributed by atoms with Gasteiger partial charge in [-0.3, -0.25) is 0 Å². The monoisotopic (exact) mass is 271 g/mol. The van der Waals surface area contributed by atoms with Gasteiger partial charge >= 0.3 is 0 Å². The summed E-state index contributed by atoms with van der Waals surface area (Å²) in [5.74, 6) is 0.814. The van der Waals surface area contributed by atoms with Crippen molar-refractivity contribution in [1.82, 2.24) is 5.32 Å². The molecule has 1 atom stereocenters. The van der Waals surface area contributed by atoms with E-state index in [1.165, 1.54) is 19.3 Å². The summed E-state index contributed by atoms with van der Waals surface area (Å²) in [6.45, 7) is 3.27. The van der Waals surface area contributed by atoms with E-state index < -0.39 is 0 Å².